The van der Waals surface area contributed by atoms with Gasteiger partial charge in [-0.1, -0.05) is 0 Å². The molecule has 1 heterocycles. The second kappa shape index (κ2) is 5.29. The van der Waals surface area contributed by atoms with Crippen LogP contribution in [-0.4, -0.2) is 34.0 Å². The second-order valence-electron chi connectivity index (χ2n) is 5.30. The summed E-state index contributed by atoms with van der Waals surface area (Å²) in [4.78, 5) is 10.8. The third-order valence-corrected chi connectivity index (χ3v) is 4.02. The monoisotopic (exact) mass is 288 g/mol. The van der Waals surface area contributed by atoms with Crippen molar-refractivity contribution < 1.29 is 19.1 Å². The highest BCUT2D eigenvalue weighted by atomic mass is 16.5. The van der Waals surface area contributed by atoms with Crippen LogP contribution in [0.1, 0.15) is 35.5 Å². The molecule has 6 nitrogen and oxygen atoms in total. The van der Waals surface area contributed by atoms with Crippen molar-refractivity contribution in [1.82, 2.24) is 10.2 Å². The standard InChI is InChI=1S/C15H16N2O4/c1-20-15(7-2-8-15)9-12-16-17-13(21-12)10-3-5-11(6-4-10)14(18)19/h3-6H,2,7-9H2,1H3,(H,18,19). The van der Waals surface area contributed by atoms with Crippen LogP contribution < -0.4 is 0 Å². The van der Waals surface area contributed by atoms with Crippen LogP contribution >= 0.6 is 0 Å². The van der Waals surface area contributed by atoms with Gasteiger partial charge < -0.3 is 14.3 Å². The average molecular weight is 288 g/mol. The molecule has 0 bridgehead atoms. The first-order valence-electron chi connectivity index (χ1n) is 6.83. The quantitative estimate of drug-likeness (QED) is 0.910. The van der Waals surface area contributed by atoms with Crippen LogP contribution in [0, 0.1) is 0 Å². The Morgan fingerprint density at radius 1 is 1.33 bits per heavy atom. The molecule has 1 aromatic heterocycles. The third kappa shape index (κ3) is 2.67. The molecule has 1 fully saturated rings. The molecule has 0 radical (unpaired) electrons. The van der Waals surface area contributed by atoms with Crippen LogP contribution in [0.5, 0.6) is 0 Å². The summed E-state index contributed by atoms with van der Waals surface area (Å²) >= 11 is 0. The van der Waals surface area contributed by atoms with Crippen LogP contribution in [0.25, 0.3) is 11.5 Å². The minimum atomic E-state index is -0.959. The number of carboxylic acids is 1. The maximum atomic E-state index is 10.8. The highest BCUT2D eigenvalue weighted by molar-refractivity contribution is 5.88. The van der Waals surface area contributed by atoms with Gasteiger partial charge in [0.05, 0.1) is 17.6 Å². The molecule has 0 spiro atoms. The van der Waals surface area contributed by atoms with Crippen molar-refractivity contribution in [2.75, 3.05) is 7.11 Å². The summed E-state index contributed by atoms with van der Waals surface area (Å²) in [5, 5.41) is 16.9. The smallest absolute Gasteiger partial charge is 0.335 e. The zero-order valence-electron chi connectivity index (χ0n) is 11.7. The fourth-order valence-corrected chi connectivity index (χ4v) is 2.50. The molecule has 1 aliphatic rings. The van der Waals surface area contributed by atoms with Crippen LogP contribution in [-0.2, 0) is 11.2 Å². The minimum Gasteiger partial charge on any atom is -0.478 e. The molecule has 1 N–H and O–H groups in total. The fraction of sp³-hybridized carbons (Fsp3) is 0.400. The Labute approximate surface area is 121 Å². The van der Waals surface area contributed by atoms with Crippen molar-refractivity contribution in [2.45, 2.75) is 31.3 Å². The van der Waals surface area contributed by atoms with Gasteiger partial charge in [-0.2, -0.15) is 0 Å². The Morgan fingerprint density at radius 2 is 2.05 bits per heavy atom. The Hall–Kier alpha value is -2.21. The van der Waals surface area contributed by atoms with Gasteiger partial charge in [0, 0.05) is 12.7 Å². The number of hydrogen-bond acceptors (Lipinski definition) is 5. The van der Waals surface area contributed by atoms with Crippen molar-refractivity contribution in [2.24, 2.45) is 0 Å². The maximum Gasteiger partial charge on any atom is 0.335 e. The molecule has 1 aliphatic carbocycles. The van der Waals surface area contributed by atoms with E-state index < -0.39 is 5.97 Å². The predicted molar refractivity (Wildman–Crippen MR) is 74.0 cm³/mol. The molecule has 0 amide bonds. The van der Waals surface area contributed by atoms with Crippen LogP contribution in [0.3, 0.4) is 0 Å². The Kier molecular flexibility index (Phi) is 3.47. The van der Waals surface area contributed by atoms with E-state index in [9.17, 15) is 4.79 Å². The summed E-state index contributed by atoms with van der Waals surface area (Å²) in [5.74, 6) is -0.0128. The number of rotatable bonds is 5. The van der Waals surface area contributed by atoms with E-state index in [0.29, 0.717) is 23.8 Å². The lowest BCUT2D eigenvalue weighted by atomic mass is 9.77. The number of benzene rings is 1. The van der Waals surface area contributed by atoms with Crippen molar-refractivity contribution >= 4 is 5.97 Å². The van der Waals surface area contributed by atoms with Gasteiger partial charge in [0.15, 0.2) is 0 Å². The van der Waals surface area contributed by atoms with Gasteiger partial charge in [-0.05, 0) is 43.5 Å². The van der Waals surface area contributed by atoms with Crippen LogP contribution in [0.4, 0.5) is 0 Å². The van der Waals surface area contributed by atoms with Gasteiger partial charge in [0.25, 0.3) is 0 Å². The minimum absolute atomic E-state index is 0.156. The van der Waals surface area contributed by atoms with Gasteiger partial charge in [-0.3, -0.25) is 0 Å². The maximum absolute atomic E-state index is 10.8. The van der Waals surface area contributed by atoms with Gasteiger partial charge in [-0.15, -0.1) is 10.2 Å². The molecule has 1 saturated carbocycles. The van der Waals surface area contributed by atoms with E-state index in [4.69, 9.17) is 14.3 Å². The molecular formula is C15H16N2O4. The second-order valence-corrected chi connectivity index (χ2v) is 5.30. The molecule has 1 aromatic carbocycles. The van der Waals surface area contributed by atoms with E-state index in [2.05, 4.69) is 10.2 Å². The van der Waals surface area contributed by atoms with E-state index in [-0.39, 0.29) is 11.2 Å². The first-order chi connectivity index (χ1) is 10.1. The van der Waals surface area contributed by atoms with E-state index in [0.717, 1.165) is 19.3 Å². The zero-order valence-corrected chi connectivity index (χ0v) is 11.7. The molecule has 2 aromatic rings. The SMILES string of the molecule is COC1(Cc2nnc(-c3ccc(C(=O)O)cc3)o2)CCC1. The molecule has 6 heteroatoms. The highest BCUT2D eigenvalue weighted by Crippen LogP contribution is 2.38. The first-order valence-corrected chi connectivity index (χ1v) is 6.83. The Bertz CT molecular complexity index is 638. The van der Waals surface area contributed by atoms with Crippen LogP contribution in [0.15, 0.2) is 28.7 Å². The molecular weight excluding hydrogens is 272 g/mol. The zero-order chi connectivity index (χ0) is 14.9. The topological polar surface area (TPSA) is 85.5 Å². The number of hydrogen-bond donors (Lipinski definition) is 1. The third-order valence-electron chi connectivity index (χ3n) is 4.02. The summed E-state index contributed by atoms with van der Waals surface area (Å²) < 4.78 is 11.2. The van der Waals surface area contributed by atoms with E-state index >= 15 is 0 Å². The van der Waals surface area contributed by atoms with Crippen molar-refractivity contribution in [3.8, 4) is 11.5 Å². The normalized spacial score (nSPS) is 16.4. The average Bonchev–Trinajstić information content (AvgIpc) is 2.91. The molecule has 0 saturated heterocycles. The van der Waals surface area contributed by atoms with Gasteiger partial charge in [-0.25, -0.2) is 4.79 Å². The van der Waals surface area contributed by atoms with E-state index in [1.54, 1.807) is 19.2 Å². The van der Waals surface area contributed by atoms with E-state index in [1.807, 2.05) is 0 Å². The van der Waals surface area contributed by atoms with E-state index in [1.165, 1.54) is 12.1 Å². The van der Waals surface area contributed by atoms with Crippen molar-refractivity contribution in [3.63, 3.8) is 0 Å². The number of aromatic nitrogens is 2. The number of aromatic carboxylic acids is 1. The first kappa shape index (κ1) is 13.8. The van der Waals surface area contributed by atoms with Crippen molar-refractivity contribution in [1.29, 1.82) is 0 Å². The van der Waals surface area contributed by atoms with Gasteiger partial charge in [0.1, 0.15) is 0 Å². The molecule has 110 valence electrons. The van der Waals surface area contributed by atoms with Crippen molar-refractivity contribution in [3.05, 3.63) is 35.7 Å². The molecule has 3 rings (SSSR count). The lowest BCUT2D eigenvalue weighted by Gasteiger charge is -2.39. The number of nitrogens with zero attached hydrogens (tertiary/aromatic N) is 2. The summed E-state index contributed by atoms with van der Waals surface area (Å²) in [6.07, 6.45) is 3.79. The Balaban J connectivity index is 1.76. The molecule has 0 atom stereocenters. The summed E-state index contributed by atoms with van der Waals surface area (Å²) in [5.41, 5.74) is 0.780. The largest absolute Gasteiger partial charge is 0.478 e. The van der Waals surface area contributed by atoms with Gasteiger partial charge in [0.2, 0.25) is 11.8 Å². The number of methoxy groups -OCH3 is 1. The summed E-state index contributed by atoms with van der Waals surface area (Å²) in [6.45, 7) is 0. The molecule has 21 heavy (non-hydrogen) atoms. The lowest BCUT2D eigenvalue weighted by molar-refractivity contribution is -0.0745. The molecule has 0 unspecified atom stereocenters. The van der Waals surface area contributed by atoms with Gasteiger partial charge >= 0.3 is 5.97 Å². The fourth-order valence-electron chi connectivity index (χ4n) is 2.50. The predicted octanol–water partition coefficient (Wildman–Crippen LogP) is 2.55. The van der Waals surface area contributed by atoms with Crippen LogP contribution in [0.2, 0.25) is 0 Å². The number of carboxylic acid groups (broad SMARTS) is 1. The highest BCUT2D eigenvalue weighted by Gasteiger charge is 2.38. The summed E-state index contributed by atoms with van der Waals surface area (Å²) in [6, 6.07) is 6.36. The molecule has 0 aliphatic heterocycles. The Morgan fingerprint density at radius 3 is 2.57 bits per heavy atom. The summed E-state index contributed by atoms with van der Waals surface area (Å²) in [7, 11) is 1.71. The number of ether oxygens (including phenoxy) is 1. The lowest BCUT2D eigenvalue weighted by Crippen LogP contribution is -2.41. The number of carbonyl (C=O) groups is 1.